The Bertz CT molecular complexity index is 1910. The van der Waals surface area contributed by atoms with Crippen molar-refractivity contribution in [2.75, 3.05) is 0 Å². The quantitative estimate of drug-likeness (QED) is 0.169. The van der Waals surface area contributed by atoms with Gasteiger partial charge in [0.2, 0.25) is 0 Å². The summed E-state index contributed by atoms with van der Waals surface area (Å²) >= 11 is 0. The first-order chi connectivity index (χ1) is 21.8. The third kappa shape index (κ3) is 4.75. The van der Waals surface area contributed by atoms with Gasteiger partial charge in [-0.1, -0.05) is 150 Å². The molecule has 2 aliphatic carbocycles. The van der Waals surface area contributed by atoms with Gasteiger partial charge in [-0.2, -0.15) is 0 Å². The molecule has 0 bridgehead atoms. The molecule has 0 radical (unpaired) electrons. The molecule has 4 aromatic carbocycles. The molecule has 7 rings (SSSR count). The van der Waals surface area contributed by atoms with Crippen LogP contribution in [0.25, 0.3) is 22.8 Å². The highest BCUT2D eigenvalue weighted by Crippen LogP contribution is 2.56. The third-order valence-corrected chi connectivity index (χ3v) is 16.3. The molecular weight excluding hydrogens is 561 g/mol. The van der Waals surface area contributed by atoms with E-state index in [0.717, 1.165) is 11.5 Å². The maximum atomic E-state index is 6.55. The van der Waals surface area contributed by atoms with Crippen LogP contribution >= 0.6 is 0 Å². The molecule has 1 aromatic heterocycles. The highest BCUT2D eigenvalue weighted by molar-refractivity contribution is 7.06. The number of allylic oxidation sites excluding steroid dienone is 5. The minimum Gasteiger partial charge on any atom is -0.462 e. The molecule has 0 N–H and O–H groups in total. The number of benzene rings is 4. The molecule has 2 atom stereocenters. The fourth-order valence-corrected chi connectivity index (χ4v) is 14.9. The lowest BCUT2D eigenvalue weighted by Crippen LogP contribution is -2.66. The molecule has 2 aliphatic rings. The highest BCUT2D eigenvalue weighted by atomic mass is 28.3. The zero-order chi connectivity index (χ0) is 31.3. The van der Waals surface area contributed by atoms with Crippen molar-refractivity contribution in [3.8, 4) is 11.1 Å². The Morgan fingerprint density at radius 2 is 1.27 bits per heavy atom. The van der Waals surface area contributed by atoms with E-state index in [1.54, 1.807) is 0 Å². The molecule has 2 unspecified atom stereocenters. The van der Waals surface area contributed by atoms with E-state index in [1.165, 1.54) is 60.5 Å². The van der Waals surface area contributed by atoms with E-state index >= 15 is 0 Å². The molecule has 0 amide bonds. The number of hydrogen-bond donors (Lipinski definition) is 0. The maximum absolute atomic E-state index is 6.55. The van der Waals surface area contributed by atoms with Crippen LogP contribution in [-0.4, -0.2) is 8.07 Å². The van der Waals surface area contributed by atoms with Crippen LogP contribution in [-0.2, 0) is 0 Å². The van der Waals surface area contributed by atoms with Crippen LogP contribution in [0.4, 0.5) is 0 Å². The van der Waals surface area contributed by atoms with Gasteiger partial charge in [0, 0.05) is 16.7 Å². The molecule has 0 saturated carbocycles. The summed E-state index contributed by atoms with van der Waals surface area (Å²) in [5.74, 6) is 2.43. The topological polar surface area (TPSA) is 13.1 Å². The number of aryl methyl sites for hydroxylation is 1. The van der Waals surface area contributed by atoms with Crippen molar-refractivity contribution in [1.82, 2.24) is 0 Å². The van der Waals surface area contributed by atoms with Crippen LogP contribution in [0.1, 0.15) is 74.3 Å². The van der Waals surface area contributed by atoms with Crippen LogP contribution in [0.3, 0.4) is 0 Å². The van der Waals surface area contributed by atoms with Crippen LogP contribution in [0.5, 0.6) is 0 Å². The van der Waals surface area contributed by atoms with E-state index in [1.807, 2.05) is 0 Å². The Kier molecular flexibility index (Phi) is 7.50. The van der Waals surface area contributed by atoms with Gasteiger partial charge in [-0.05, 0) is 79.6 Å². The van der Waals surface area contributed by atoms with E-state index in [2.05, 4.69) is 169 Å². The molecule has 1 nitrogen and oxygen atoms in total. The van der Waals surface area contributed by atoms with Gasteiger partial charge in [-0.3, -0.25) is 0 Å². The van der Waals surface area contributed by atoms with Gasteiger partial charge in [0.1, 0.15) is 19.6 Å². The zero-order valence-corrected chi connectivity index (χ0v) is 28.3. The van der Waals surface area contributed by atoms with Crippen LogP contribution in [0, 0.1) is 6.92 Å². The second kappa shape index (κ2) is 11.5. The van der Waals surface area contributed by atoms with E-state index < -0.39 is 8.07 Å². The van der Waals surface area contributed by atoms with Gasteiger partial charge >= 0.3 is 0 Å². The van der Waals surface area contributed by atoms with Crippen molar-refractivity contribution < 1.29 is 4.42 Å². The first kappa shape index (κ1) is 29.3. The normalized spacial score (nSPS) is 17.9. The van der Waals surface area contributed by atoms with Crippen molar-refractivity contribution in [1.29, 1.82) is 0 Å². The summed E-state index contributed by atoms with van der Waals surface area (Å²) in [5.41, 5.74) is 12.8. The lowest BCUT2D eigenvalue weighted by Gasteiger charge is -2.46. The Hall–Kier alpha value is -4.40. The fraction of sp³-hybridized carbons (Fsp3) is 0.209. The summed E-state index contributed by atoms with van der Waals surface area (Å²) < 4.78 is 6.55. The average molecular weight is 603 g/mol. The molecular formula is C43H42OSi. The van der Waals surface area contributed by atoms with E-state index in [9.17, 15) is 0 Å². The number of furan rings is 1. The molecule has 45 heavy (non-hydrogen) atoms. The van der Waals surface area contributed by atoms with E-state index in [4.69, 9.17) is 4.42 Å². The number of rotatable bonds is 7. The Morgan fingerprint density at radius 1 is 0.622 bits per heavy atom. The number of hydrogen-bond acceptors (Lipinski definition) is 1. The minimum absolute atomic E-state index is 0.145. The molecule has 1 heterocycles. The molecule has 224 valence electrons. The van der Waals surface area contributed by atoms with E-state index in [0.29, 0.717) is 11.5 Å². The second-order valence-corrected chi connectivity index (χ2v) is 17.4. The first-order valence-corrected chi connectivity index (χ1v) is 18.4. The summed E-state index contributed by atoms with van der Waals surface area (Å²) in [5, 5.41) is 2.92. The molecule has 0 saturated heterocycles. The summed E-state index contributed by atoms with van der Waals surface area (Å²) in [4.78, 5) is 0. The smallest absolute Gasteiger partial charge is 0.140 e. The summed E-state index contributed by atoms with van der Waals surface area (Å²) in [6, 6.07) is 43.4. The molecule has 0 fully saturated rings. The summed E-state index contributed by atoms with van der Waals surface area (Å²) in [6.07, 6.45) is 4.91. The van der Waals surface area contributed by atoms with Gasteiger partial charge in [0.25, 0.3) is 0 Å². The van der Waals surface area contributed by atoms with Crippen molar-refractivity contribution in [2.24, 2.45) is 0 Å². The average Bonchev–Trinajstić information content (AvgIpc) is 3.74. The third-order valence-electron chi connectivity index (χ3n) is 10.3. The predicted molar refractivity (Wildman–Crippen MR) is 194 cm³/mol. The second-order valence-electron chi connectivity index (χ2n) is 13.3. The van der Waals surface area contributed by atoms with Crippen molar-refractivity contribution >= 4 is 30.1 Å². The zero-order valence-electron chi connectivity index (χ0n) is 27.3. The Balaban J connectivity index is 1.58. The van der Waals surface area contributed by atoms with Crippen molar-refractivity contribution in [3.05, 3.63) is 166 Å². The van der Waals surface area contributed by atoms with Gasteiger partial charge in [0.05, 0.1) is 0 Å². The Morgan fingerprint density at radius 3 is 1.80 bits per heavy atom. The lowest BCUT2D eigenvalue weighted by atomic mass is 9.94. The lowest BCUT2D eigenvalue weighted by molar-refractivity contribution is 0.520. The van der Waals surface area contributed by atoms with Crippen LogP contribution in [0.15, 0.2) is 142 Å². The van der Waals surface area contributed by atoms with Gasteiger partial charge in [0.15, 0.2) is 0 Å². The summed E-state index contributed by atoms with van der Waals surface area (Å²) in [7, 11) is -2.74. The number of fused-ring (bicyclic) bond motifs is 1. The highest BCUT2D eigenvalue weighted by Gasteiger charge is 2.56. The largest absolute Gasteiger partial charge is 0.462 e. The van der Waals surface area contributed by atoms with Crippen molar-refractivity contribution in [2.45, 2.75) is 58.5 Å². The van der Waals surface area contributed by atoms with E-state index in [-0.39, 0.29) is 5.54 Å². The van der Waals surface area contributed by atoms with Gasteiger partial charge in [-0.15, -0.1) is 0 Å². The molecule has 2 heteroatoms. The fourth-order valence-electron chi connectivity index (χ4n) is 8.23. The standard InChI is InChI=1S/C43H42OSi/c1-28(2)33-21-23-34(24-22-33)37-18-13-19-38-39(37)27-40(41-25-20-31(5)44-41)43(38)45(35-14-9-7-10-15-35,36-16-11-8-12-17-36)42-30(4)26-29(3)32(42)6/h7-28,42-43H,1-6H3. The SMILES string of the molecule is CC1=CC(C)=C(C)C1[Si](c1ccccc1)(c1ccccc1)C1C(c2ccc(C)o2)=Cc2c(-c3ccc(C(C)C)cc3)cccc21. The molecule has 5 aromatic rings. The van der Waals surface area contributed by atoms with Crippen LogP contribution in [0.2, 0.25) is 5.54 Å². The minimum atomic E-state index is -2.74. The molecule has 0 spiro atoms. The molecule has 0 aliphatic heterocycles. The van der Waals surface area contributed by atoms with Crippen LogP contribution < -0.4 is 10.4 Å². The monoisotopic (exact) mass is 602 g/mol. The first-order valence-electron chi connectivity index (χ1n) is 16.3. The van der Waals surface area contributed by atoms with Crippen molar-refractivity contribution in [3.63, 3.8) is 0 Å². The van der Waals surface area contributed by atoms with Gasteiger partial charge < -0.3 is 4.42 Å². The summed E-state index contributed by atoms with van der Waals surface area (Å²) in [6.45, 7) is 13.6. The maximum Gasteiger partial charge on any atom is 0.140 e. The predicted octanol–water partition coefficient (Wildman–Crippen LogP) is 10.5. The van der Waals surface area contributed by atoms with Gasteiger partial charge in [-0.25, -0.2) is 0 Å². The Labute approximate surface area is 269 Å².